The van der Waals surface area contributed by atoms with Crippen LogP contribution in [-0.4, -0.2) is 48.8 Å². The molecule has 8 nitrogen and oxygen atoms in total. The number of pyridine rings is 1. The van der Waals surface area contributed by atoms with Crippen molar-refractivity contribution in [2.75, 3.05) is 6.54 Å². The van der Waals surface area contributed by atoms with E-state index in [-0.39, 0.29) is 18.5 Å². The Morgan fingerprint density at radius 2 is 2.06 bits per heavy atom. The number of fused-ring (bicyclic) bond motifs is 2. The molecule has 31 heavy (non-hydrogen) atoms. The standard InChI is InChI=1S/C20H19N7OS2.ClH/c1-10-6-12(2-4-21-10)28-20-27-19-18(30-20)26-17(29-19)16-15-13(3-5-22-15)14(9-23-16)11-7-24-25-8-11;/h3,5,7-10,12,21-22H,2,4,6H2,1H3,(H,24,25);1H/t10-,12+;/m1./s1. The Morgan fingerprint density at radius 1 is 1.16 bits per heavy atom. The molecule has 5 aromatic heterocycles. The molecular formula is C20H20ClN7OS2. The fourth-order valence-corrected chi connectivity index (χ4v) is 5.91. The Kier molecular flexibility index (Phi) is 5.39. The summed E-state index contributed by atoms with van der Waals surface area (Å²) in [7, 11) is 0. The Hall–Kier alpha value is -2.53. The highest BCUT2D eigenvalue weighted by Crippen LogP contribution is 2.39. The van der Waals surface area contributed by atoms with Crippen LogP contribution in [-0.2, 0) is 0 Å². The molecule has 0 aromatic carbocycles. The first kappa shape index (κ1) is 20.4. The van der Waals surface area contributed by atoms with E-state index in [2.05, 4.69) is 38.5 Å². The number of hydrogen-bond acceptors (Lipinski definition) is 8. The number of aromatic nitrogens is 6. The molecule has 1 aliphatic heterocycles. The summed E-state index contributed by atoms with van der Waals surface area (Å²) in [6, 6.07) is 2.54. The summed E-state index contributed by atoms with van der Waals surface area (Å²) in [6.07, 6.45) is 9.72. The molecule has 0 spiro atoms. The summed E-state index contributed by atoms with van der Waals surface area (Å²) in [5.74, 6) is 0. The second kappa shape index (κ2) is 8.19. The second-order valence-electron chi connectivity index (χ2n) is 7.50. The van der Waals surface area contributed by atoms with Gasteiger partial charge in [-0.05, 0) is 32.4 Å². The van der Waals surface area contributed by atoms with Crippen LogP contribution < -0.4 is 10.1 Å². The topological polar surface area (TPSA) is 104 Å². The number of H-pyrrole nitrogens is 2. The van der Waals surface area contributed by atoms with Gasteiger partial charge >= 0.3 is 0 Å². The molecular weight excluding hydrogens is 454 g/mol. The molecule has 1 fully saturated rings. The highest BCUT2D eigenvalue weighted by Gasteiger charge is 2.22. The van der Waals surface area contributed by atoms with E-state index in [4.69, 9.17) is 14.7 Å². The Balaban J connectivity index is 0.00000204. The Bertz CT molecular complexity index is 1290. The van der Waals surface area contributed by atoms with Crippen LogP contribution in [0.5, 0.6) is 5.19 Å². The van der Waals surface area contributed by atoms with Crippen LogP contribution >= 0.6 is 35.1 Å². The SMILES string of the molecule is C[C@@H]1C[C@@H](Oc2nc3sc(-c4ncc(-c5cn[nH]c5)c5cc[nH]c45)nc3s2)CCN1.Cl. The lowest BCUT2D eigenvalue weighted by Gasteiger charge is -2.27. The average molecular weight is 474 g/mol. The van der Waals surface area contributed by atoms with E-state index in [0.717, 1.165) is 61.8 Å². The van der Waals surface area contributed by atoms with Gasteiger partial charge in [0.15, 0.2) is 9.66 Å². The first-order chi connectivity index (χ1) is 14.7. The van der Waals surface area contributed by atoms with Gasteiger partial charge in [-0.1, -0.05) is 22.7 Å². The molecule has 5 aromatic rings. The third-order valence-electron chi connectivity index (χ3n) is 5.41. The number of nitrogens with zero attached hydrogens (tertiary/aromatic N) is 4. The fraction of sp³-hybridized carbons (Fsp3) is 0.300. The smallest absolute Gasteiger partial charge is 0.276 e. The summed E-state index contributed by atoms with van der Waals surface area (Å²) < 4.78 is 6.13. The van der Waals surface area contributed by atoms with Gasteiger partial charge in [-0.25, -0.2) is 4.98 Å². The molecule has 11 heteroatoms. The Morgan fingerprint density at radius 3 is 2.87 bits per heavy atom. The van der Waals surface area contributed by atoms with Gasteiger partial charge in [0, 0.05) is 41.1 Å². The largest absolute Gasteiger partial charge is 0.467 e. The van der Waals surface area contributed by atoms with E-state index in [1.807, 2.05) is 18.6 Å². The molecule has 1 saturated heterocycles. The number of thiazole rings is 2. The van der Waals surface area contributed by atoms with Crippen LogP contribution in [0.15, 0.2) is 30.9 Å². The maximum atomic E-state index is 6.13. The van der Waals surface area contributed by atoms with Crippen molar-refractivity contribution in [3.8, 4) is 27.0 Å². The molecule has 0 aliphatic carbocycles. The highest BCUT2D eigenvalue weighted by atomic mass is 35.5. The summed E-state index contributed by atoms with van der Waals surface area (Å²) in [5, 5.41) is 13.0. The minimum absolute atomic E-state index is 0. The number of piperidine rings is 1. The molecule has 3 N–H and O–H groups in total. The molecule has 0 radical (unpaired) electrons. The fourth-order valence-electron chi connectivity index (χ4n) is 3.95. The van der Waals surface area contributed by atoms with Crippen molar-refractivity contribution >= 4 is 55.6 Å². The van der Waals surface area contributed by atoms with Crippen LogP contribution in [0.1, 0.15) is 19.8 Å². The van der Waals surface area contributed by atoms with Gasteiger partial charge in [-0.15, -0.1) is 12.4 Å². The van der Waals surface area contributed by atoms with Crippen LogP contribution in [0.3, 0.4) is 0 Å². The zero-order valence-electron chi connectivity index (χ0n) is 16.6. The van der Waals surface area contributed by atoms with E-state index < -0.39 is 0 Å². The molecule has 0 saturated carbocycles. The number of rotatable bonds is 4. The minimum Gasteiger partial charge on any atom is -0.467 e. The van der Waals surface area contributed by atoms with E-state index in [9.17, 15) is 0 Å². The normalized spacial score (nSPS) is 19.0. The summed E-state index contributed by atoms with van der Waals surface area (Å²) in [6.45, 7) is 3.18. The molecule has 1 aliphatic rings. The summed E-state index contributed by atoms with van der Waals surface area (Å²) in [5.41, 5.74) is 3.85. The van der Waals surface area contributed by atoms with Crippen LogP contribution in [0.25, 0.3) is 42.4 Å². The number of nitrogens with one attached hydrogen (secondary N) is 3. The van der Waals surface area contributed by atoms with Gasteiger partial charge in [0.05, 0.1) is 11.7 Å². The van der Waals surface area contributed by atoms with Gasteiger partial charge in [-0.2, -0.15) is 10.1 Å². The average Bonchev–Trinajstić information content (AvgIpc) is 3.50. The maximum absolute atomic E-state index is 6.13. The molecule has 2 atom stereocenters. The summed E-state index contributed by atoms with van der Waals surface area (Å²) >= 11 is 3.06. The van der Waals surface area contributed by atoms with Crippen LogP contribution in [0.2, 0.25) is 0 Å². The molecule has 6 heterocycles. The zero-order chi connectivity index (χ0) is 20.1. The lowest BCUT2D eigenvalue weighted by atomic mass is 10.0. The lowest BCUT2D eigenvalue weighted by molar-refractivity contribution is 0.144. The third-order valence-corrected chi connectivity index (χ3v) is 7.33. The quantitative estimate of drug-likeness (QED) is 0.351. The van der Waals surface area contributed by atoms with Crippen molar-refractivity contribution < 1.29 is 4.74 Å². The van der Waals surface area contributed by atoms with Gasteiger partial charge in [0.2, 0.25) is 0 Å². The minimum atomic E-state index is 0. The number of aromatic amines is 2. The predicted octanol–water partition coefficient (Wildman–Crippen LogP) is 4.63. The van der Waals surface area contributed by atoms with Crippen molar-refractivity contribution in [1.82, 2.24) is 35.5 Å². The van der Waals surface area contributed by atoms with Crippen molar-refractivity contribution in [3.63, 3.8) is 0 Å². The van der Waals surface area contributed by atoms with Gasteiger partial charge in [0.25, 0.3) is 5.19 Å². The molecule has 160 valence electrons. The third kappa shape index (κ3) is 3.69. The first-order valence-corrected chi connectivity index (χ1v) is 11.5. The first-order valence-electron chi connectivity index (χ1n) is 9.87. The van der Waals surface area contributed by atoms with E-state index >= 15 is 0 Å². The maximum Gasteiger partial charge on any atom is 0.276 e. The van der Waals surface area contributed by atoms with E-state index in [1.165, 1.54) is 11.3 Å². The van der Waals surface area contributed by atoms with Crippen LogP contribution in [0.4, 0.5) is 0 Å². The Labute approximate surface area is 191 Å². The van der Waals surface area contributed by atoms with Gasteiger partial charge in [0.1, 0.15) is 16.8 Å². The van der Waals surface area contributed by atoms with Crippen LogP contribution in [0, 0.1) is 0 Å². The van der Waals surface area contributed by atoms with Crippen molar-refractivity contribution in [2.24, 2.45) is 0 Å². The van der Waals surface area contributed by atoms with Gasteiger partial charge in [-0.3, -0.25) is 10.1 Å². The molecule has 0 amide bonds. The van der Waals surface area contributed by atoms with Gasteiger partial charge < -0.3 is 15.0 Å². The zero-order valence-corrected chi connectivity index (χ0v) is 19.0. The van der Waals surface area contributed by atoms with Crippen molar-refractivity contribution in [3.05, 3.63) is 30.9 Å². The number of halogens is 1. The predicted molar refractivity (Wildman–Crippen MR) is 126 cm³/mol. The number of ether oxygens (including phenoxy) is 1. The summed E-state index contributed by atoms with van der Waals surface area (Å²) in [4.78, 5) is 19.3. The van der Waals surface area contributed by atoms with Crippen molar-refractivity contribution in [2.45, 2.75) is 31.9 Å². The highest BCUT2D eigenvalue weighted by molar-refractivity contribution is 7.28. The van der Waals surface area contributed by atoms with E-state index in [0.29, 0.717) is 11.2 Å². The lowest BCUT2D eigenvalue weighted by Crippen LogP contribution is -2.40. The molecule has 0 unspecified atom stereocenters. The second-order valence-corrected chi connectivity index (χ2v) is 9.42. The monoisotopic (exact) mass is 473 g/mol. The molecule has 0 bridgehead atoms. The number of hydrogen-bond donors (Lipinski definition) is 3. The van der Waals surface area contributed by atoms with Crippen molar-refractivity contribution in [1.29, 1.82) is 0 Å². The molecule has 6 rings (SSSR count). The van der Waals surface area contributed by atoms with E-state index in [1.54, 1.807) is 17.5 Å².